The minimum atomic E-state index is -0.349. The molecule has 202 valence electrons. The van der Waals surface area contributed by atoms with Crippen LogP contribution in [0.3, 0.4) is 0 Å². The number of imidazole rings is 1. The Morgan fingerprint density at radius 3 is 2.55 bits per heavy atom. The van der Waals surface area contributed by atoms with Gasteiger partial charge in [-0.05, 0) is 42.8 Å². The Morgan fingerprint density at radius 2 is 1.88 bits per heavy atom. The van der Waals surface area contributed by atoms with Crippen LogP contribution in [0.15, 0.2) is 77.4 Å². The maximum absolute atomic E-state index is 13.9. The van der Waals surface area contributed by atoms with Gasteiger partial charge in [0.05, 0.1) is 24.9 Å². The SMILES string of the molecule is CC1(/C=C(\C#N)C(=O)N2CC[C@H](n3c(=O)n(-c4ccc(Oc5ccccc5)cc4)c4c(N)ncnc43)C2)COC1. The summed E-state index contributed by atoms with van der Waals surface area (Å²) in [4.78, 5) is 37.2. The van der Waals surface area contributed by atoms with E-state index in [9.17, 15) is 14.9 Å². The quantitative estimate of drug-likeness (QED) is 0.292. The third kappa shape index (κ3) is 4.48. The molecular formula is C29H27N7O4. The standard InChI is InChI=1S/C29H27N7O4/c1-29(16-39-17-29)13-19(14-30)27(37)34-12-11-21(15-34)36-26-24(25(31)32-18-33-26)35(28(36)38)20-7-9-23(10-8-20)40-22-5-3-2-4-6-22/h2-10,13,18,21H,11-12,15-17H2,1H3,(H2,31,32,33)/b19-13+/t21-/m0/s1. The van der Waals surface area contributed by atoms with Crippen LogP contribution in [0, 0.1) is 16.7 Å². The molecule has 2 aliphatic rings. The third-order valence-corrected chi connectivity index (χ3v) is 7.28. The van der Waals surface area contributed by atoms with Crippen LogP contribution >= 0.6 is 0 Å². The second-order valence-corrected chi connectivity index (χ2v) is 10.3. The number of hydrogen-bond donors (Lipinski definition) is 1. The highest BCUT2D eigenvalue weighted by atomic mass is 16.5. The normalized spacial score (nSPS) is 18.4. The number of amides is 1. The third-order valence-electron chi connectivity index (χ3n) is 7.28. The summed E-state index contributed by atoms with van der Waals surface area (Å²) in [6, 6.07) is 18.2. The molecular weight excluding hydrogens is 510 g/mol. The molecule has 0 radical (unpaired) electrons. The van der Waals surface area contributed by atoms with Crippen molar-refractivity contribution in [2.75, 3.05) is 32.0 Å². The largest absolute Gasteiger partial charge is 0.457 e. The fourth-order valence-corrected chi connectivity index (χ4v) is 5.23. The molecule has 2 saturated heterocycles. The minimum absolute atomic E-state index is 0.0885. The van der Waals surface area contributed by atoms with Crippen molar-refractivity contribution in [2.45, 2.75) is 19.4 Å². The Labute approximate surface area is 229 Å². The average molecular weight is 538 g/mol. The molecule has 1 atom stereocenters. The van der Waals surface area contributed by atoms with Gasteiger partial charge in [-0.3, -0.25) is 13.9 Å². The first kappa shape index (κ1) is 25.3. The highest BCUT2D eigenvalue weighted by molar-refractivity contribution is 5.97. The molecule has 11 heteroatoms. The minimum Gasteiger partial charge on any atom is -0.457 e. The van der Waals surface area contributed by atoms with Crippen molar-refractivity contribution in [2.24, 2.45) is 5.41 Å². The van der Waals surface area contributed by atoms with E-state index in [-0.39, 0.29) is 41.0 Å². The summed E-state index contributed by atoms with van der Waals surface area (Å²) in [5.41, 5.74) is 7.04. The number of carbonyl (C=O) groups excluding carboxylic acids is 1. The van der Waals surface area contributed by atoms with Crippen molar-refractivity contribution in [3.8, 4) is 23.3 Å². The van der Waals surface area contributed by atoms with Crippen molar-refractivity contribution < 1.29 is 14.3 Å². The van der Waals surface area contributed by atoms with Gasteiger partial charge in [0.25, 0.3) is 5.91 Å². The van der Waals surface area contributed by atoms with Gasteiger partial charge >= 0.3 is 5.69 Å². The Hall–Kier alpha value is -4.95. The van der Waals surface area contributed by atoms with Gasteiger partial charge in [-0.25, -0.2) is 14.8 Å². The fraction of sp³-hybridized carbons (Fsp3) is 0.276. The molecule has 2 N–H and O–H groups in total. The molecule has 2 aromatic heterocycles. The maximum Gasteiger partial charge on any atom is 0.335 e. The van der Waals surface area contributed by atoms with Crippen LogP contribution in [0.4, 0.5) is 5.82 Å². The van der Waals surface area contributed by atoms with Gasteiger partial charge in [-0.1, -0.05) is 31.2 Å². The number of nitrogen functional groups attached to an aromatic ring is 1. The Bertz CT molecular complexity index is 1710. The van der Waals surface area contributed by atoms with Gasteiger partial charge < -0.3 is 20.1 Å². The van der Waals surface area contributed by atoms with Gasteiger partial charge in [0.2, 0.25) is 0 Å². The molecule has 0 bridgehead atoms. The first-order chi connectivity index (χ1) is 19.4. The highest BCUT2D eigenvalue weighted by Crippen LogP contribution is 2.32. The van der Waals surface area contributed by atoms with Gasteiger partial charge in [0.1, 0.15) is 35.0 Å². The number of ether oxygens (including phenoxy) is 2. The average Bonchev–Trinajstić information content (AvgIpc) is 3.54. The second kappa shape index (κ2) is 9.98. The number of benzene rings is 2. The number of fused-ring (bicyclic) bond motifs is 1. The molecule has 0 unspecified atom stereocenters. The number of aromatic nitrogens is 4. The number of likely N-dealkylation sites (tertiary alicyclic amines) is 1. The summed E-state index contributed by atoms with van der Waals surface area (Å²) in [6.45, 7) is 3.57. The van der Waals surface area contributed by atoms with Crippen molar-refractivity contribution >= 4 is 22.9 Å². The maximum atomic E-state index is 13.9. The number of nitrogens with zero attached hydrogens (tertiary/aromatic N) is 6. The number of nitriles is 1. The van der Waals surface area contributed by atoms with E-state index in [1.54, 1.807) is 39.8 Å². The van der Waals surface area contributed by atoms with Gasteiger partial charge in [0, 0.05) is 18.5 Å². The zero-order valence-corrected chi connectivity index (χ0v) is 21.9. The molecule has 2 aliphatic heterocycles. The zero-order chi connectivity index (χ0) is 27.9. The fourth-order valence-electron chi connectivity index (χ4n) is 5.23. The molecule has 4 aromatic rings. The Kier molecular flexibility index (Phi) is 6.32. The Balaban J connectivity index is 1.31. The topological polar surface area (TPSA) is 141 Å². The van der Waals surface area contributed by atoms with E-state index in [4.69, 9.17) is 15.2 Å². The molecule has 6 rings (SSSR count). The second-order valence-electron chi connectivity index (χ2n) is 10.3. The first-order valence-corrected chi connectivity index (χ1v) is 12.9. The van der Waals surface area contributed by atoms with Gasteiger partial charge in [0.15, 0.2) is 11.5 Å². The molecule has 2 fully saturated rings. The zero-order valence-electron chi connectivity index (χ0n) is 21.9. The van der Waals surface area contributed by atoms with E-state index in [0.29, 0.717) is 54.5 Å². The van der Waals surface area contributed by atoms with Crippen LogP contribution in [0.2, 0.25) is 0 Å². The number of anilines is 1. The summed E-state index contributed by atoms with van der Waals surface area (Å²) >= 11 is 0. The summed E-state index contributed by atoms with van der Waals surface area (Å²) in [7, 11) is 0. The molecule has 0 spiro atoms. The molecule has 40 heavy (non-hydrogen) atoms. The highest BCUT2D eigenvalue weighted by Gasteiger charge is 2.36. The molecule has 2 aromatic carbocycles. The van der Waals surface area contributed by atoms with Crippen molar-refractivity contribution in [1.82, 2.24) is 24.0 Å². The number of rotatable bonds is 6. The monoisotopic (exact) mass is 537 g/mol. The van der Waals surface area contributed by atoms with Gasteiger partial charge in [-0.15, -0.1) is 0 Å². The first-order valence-electron chi connectivity index (χ1n) is 12.9. The summed E-state index contributed by atoms with van der Waals surface area (Å²) in [5.74, 6) is 1.14. The van der Waals surface area contributed by atoms with Crippen LogP contribution in [0.5, 0.6) is 11.5 Å². The molecule has 0 saturated carbocycles. The molecule has 1 amide bonds. The Morgan fingerprint density at radius 1 is 1.15 bits per heavy atom. The van der Waals surface area contributed by atoms with E-state index in [1.165, 1.54) is 10.9 Å². The summed E-state index contributed by atoms with van der Waals surface area (Å²) in [5, 5.41) is 9.67. The van der Waals surface area contributed by atoms with Crippen molar-refractivity contribution in [3.05, 3.63) is 83.1 Å². The lowest BCUT2D eigenvalue weighted by atomic mass is 9.86. The molecule has 4 heterocycles. The van der Waals surface area contributed by atoms with E-state index in [0.717, 1.165) is 0 Å². The predicted molar refractivity (Wildman–Crippen MR) is 147 cm³/mol. The number of nitrogens with two attached hydrogens (primary N) is 1. The van der Waals surface area contributed by atoms with Crippen LogP contribution in [-0.2, 0) is 9.53 Å². The van der Waals surface area contributed by atoms with Crippen LogP contribution in [0.1, 0.15) is 19.4 Å². The number of carbonyl (C=O) groups is 1. The van der Waals surface area contributed by atoms with Crippen LogP contribution in [-0.4, -0.2) is 56.2 Å². The summed E-state index contributed by atoms with van der Waals surface area (Å²) < 4.78 is 14.2. The van der Waals surface area contributed by atoms with E-state index < -0.39 is 0 Å². The summed E-state index contributed by atoms with van der Waals surface area (Å²) in [6.07, 6.45) is 3.55. The molecule has 11 nitrogen and oxygen atoms in total. The van der Waals surface area contributed by atoms with Crippen molar-refractivity contribution in [1.29, 1.82) is 5.26 Å². The lowest BCUT2D eigenvalue weighted by molar-refractivity contribution is -0.126. The lowest BCUT2D eigenvalue weighted by Crippen LogP contribution is -2.39. The van der Waals surface area contributed by atoms with E-state index in [1.807, 2.05) is 43.3 Å². The lowest BCUT2D eigenvalue weighted by Gasteiger charge is -2.35. The van der Waals surface area contributed by atoms with Crippen LogP contribution < -0.4 is 16.2 Å². The number of hydrogen-bond acceptors (Lipinski definition) is 8. The molecule has 0 aliphatic carbocycles. The van der Waals surface area contributed by atoms with Gasteiger partial charge in [-0.2, -0.15) is 5.26 Å². The van der Waals surface area contributed by atoms with Crippen molar-refractivity contribution in [3.63, 3.8) is 0 Å². The van der Waals surface area contributed by atoms with E-state index >= 15 is 0 Å². The number of para-hydroxylation sites is 1. The van der Waals surface area contributed by atoms with E-state index in [2.05, 4.69) is 9.97 Å². The smallest absolute Gasteiger partial charge is 0.335 e. The van der Waals surface area contributed by atoms with Crippen LogP contribution in [0.25, 0.3) is 16.9 Å². The predicted octanol–water partition coefficient (Wildman–Crippen LogP) is 3.22.